The first-order valence-electron chi connectivity index (χ1n) is 5.80. The van der Waals surface area contributed by atoms with E-state index in [1.807, 2.05) is 0 Å². The number of hydrogen-bond acceptors (Lipinski definition) is 2. The number of hydrogen-bond donors (Lipinski definition) is 2. The van der Waals surface area contributed by atoms with Crippen LogP contribution in [0.25, 0.3) is 0 Å². The molecule has 2 unspecified atom stereocenters. The van der Waals surface area contributed by atoms with Crippen LogP contribution in [-0.2, 0) is 0 Å². The van der Waals surface area contributed by atoms with Gasteiger partial charge in [0.2, 0.25) is 5.96 Å². The second kappa shape index (κ2) is 5.35. The molecule has 1 heterocycles. The van der Waals surface area contributed by atoms with Gasteiger partial charge in [-0.25, -0.2) is 5.84 Å². The van der Waals surface area contributed by atoms with Crippen molar-refractivity contribution in [2.45, 2.75) is 27.7 Å². The van der Waals surface area contributed by atoms with Crippen LogP contribution in [0.1, 0.15) is 27.7 Å². The summed E-state index contributed by atoms with van der Waals surface area (Å²) >= 11 is 0. The SMILES string of the molecule is CC(C)CN=C(NN)N1CC(C)C(C)C1. The number of nitrogens with one attached hydrogen (secondary N) is 1. The second-order valence-corrected chi connectivity index (χ2v) is 5.06. The summed E-state index contributed by atoms with van der Waals surface area (Å²) in [4.78, 5) is 6.75. The predicted molar refractivity (Wildman–Crippen MR) is 64.4 cm³/mol. The Morgan fingerprint density at radius 1 is 1.40 bits per heavy atom. The van der Waals surface area contributed by atoms with Crippen molar-refractivity contribution in [3.63, 3.8) is 0 Å². The predicted octanol–water partition coefficient (Wildman–Crippen LogP) is 1.05. The van der Waals surface area contributed by atoms with Crippen molar-refractivity contribution < 1.29 is 0 Å². The molecule has 1 fully saturated rings. The van der Waals surface area contributed by atoms with Gasteiger partial charge in [-0.2, -0.15) is 0 Å². The first-order valence-corrected chi connectivity index (χ1v) is 5.80. The maximum Gasteiger partial charge on any atom is 0.208 e. The van der Waals surface area contributed by atoms with E-state index in [-0.39, 0.29) is 0 Å². The Labute approximate surface area is 92.9 Å². The minimum Gasteiger partial charge on any atom is -0.341 e. The van der Waals surface area contributed by atoms with Crippen molar-refractivity contribution in [3.8, 4) is 0 Å². The average molecular weight is 212 g/mol. The fraction of sp³-hybridized carbons (Fsp3) is 0.909. The zero-order valence-electron chi connectivity index (χ0n) is 10.3. The summed E-state index contributed by atoms with van der Waals surface area (Å²) in [6.07, 6.45) is 0. The molecule has 0 bridgehead atoms. The van der Waals surface area contributed by atoms with Crippen molar-refractivity contribution in [2.75, 3.05) is 19.6 Å². The number of nitrogens with two attached hydrogens (primary N) is 1. The molecule has 0 amide bonds. The van der Waals surface area contributed by atoms with E-state index < -0.39 is 0 Å². The molecule has 0 aromatic rings. The van der Waals surface area contributed by atoms with Crippen LogP contribution in [0.15, 0.2) is 4.99 Å². The minimum absolute atomic E-state index is 0.575. The molecule has 0 radical (unpaired) electrons. The highest BCUT2D eigenvalue weighted by Crippen LogP contribution is 2.21. The minimum atomic E-state index is 0.575. The number of guanidine groups is 1. The van der Waals surface area contributed by atoms with Crippen molar-refractivity contribution in [1.82, 2.24) is 10.3 Å². The van der Waals surface area contributed by atoms with Crippen LogP contribution in [-0.4, -0.2) is 30.5 Å². The fourth-order valence-corrected chi connectivity index (χ4v) is 1.81. The molecule has 1 aliphatic heterocycles. The maximum atomic E-state index is 5.51. The van der Waals surface area contributed by atoms with Crippen LogP contribution in [0.3, 0.4) is 0 Å². The van der Waals surface area contributed by atoms with Crippen LogP contribution >= 0.6 is 0 Å². The van der Waals surface area contributed by atoms with Crippen molar-refractivity contribution in [3.05, 3.63) is 0 Å². The summed E-state index contributed by atoms with van der Waals surface area (Å²) in [5.41, 5.74) is 2.72. The molecule has 0 saturated carbocycles. The van der Waals surface area contributed by atoms with Gasteiger partial charge >= 0.3 is 0 Å². The molecule has 1 rings (SSSR count). The van der Waals surface area contributed by atoms with E-state index in [0.29, 0.717) is 5.92 Å². The number of likely N-dealkylation sites (tertiary alicyclic amines) is 1. The first kappa shape index (κ1) is 12.3. The monoisotopic (exact) mass is 212 g/mol. The van der Waals surface area contributed by atoms with Crippen molar-refractivity contribution in [2.24, 2.45) is 28.6 Å². The zero-order valence-corrected chi connectivity index (χ0v) is 10.3. The molecule has 4 nitrogen and oxygen atoms in total. The molecule has 88 valence electrons. The third kappa shape index (κ3) is 3.38. The first-order chi connectivity index (χ1) is 7.04. The Hall–Kier alpha value is -0.770. The van der Waals surface area contributed by atoms with Gasteiger partial charge in [-0.05, 0) is 17.8 Å². The summed E-state index contributed by atoms with van der Waals surface area (Å²) in [5, 5.41) is 0. The molecule has 1 saturated heterocycles. The van der Waals surface area contributed by atoms with Crippen LogP contribution in [0.5, 0.6) is 0 Å². The molecule has 2 atom stereocenters. The lowest BCUT2D eigenvalue weighted by Crippen LogP contribution is -2.44. The molecule has 3 N–H and O–H groups in total. The Morgan fingerprint density at radius 3 is 2.33 bits per heavy atom. The van der Waals surface area contributed by atoms with E-state index >= 15 is 0 Å². The number of rotatable bonds is 2. The van der Waals surface area contributed by atoms with E-state index in [1.54, 1.807) is 0 Å². The highest BCUT2D eigenvalue weighted by Gasteiger charge is 2.27. The van der Waals surface area contributed by atoms with Crippen LogP contribution in [0.2, 0.25) is 0 Å². The van der Waals surface area contributed by atoms with E-state index in [9.17, 15) is 0 Å². The van der Waals surface area contributed by atoms with Gasteiger partial charge in [-0.15, -0.1) is 0 Å². The Bertz CT molecular complexity index is 215. The molecule has 4 heteroatoms. The molecule has 1 aliphatic rings. The molecular formula is C11H24N4. The average Bonchev–Trinajstić information content (AvgIpc) is 2.47. The highest BCUT2D eigenvalue weighted by atomic mass is 15.4. The van der Waals surface area contributed by atoms with Gasteiger partial charge in [0, 0.05) is 19.6 Å². The third-order valence-electron chi connectivity index (χ3n) is 3.02. The topological polar surface area (TPSA) is 53.6 Å². The normalized spacial score (nSPS) is 27.6. The summed E-state index contributed by atoms with van der Waals surface area (Å²) < 4.78 is 0. The summed E-state index contributed by atoms with van der Waals surface area (Å²) in [6, 6.07) is 0. The maximum absolute atomic E-state index is 5.51. The Balaban J connectivity index is 2.56. The molecule has 0 spiro atoms. The Kier molecular flexibility index (Phi) is 4.39. The van der Waals surface area contributed by atoms with Gasteiger partial charge in [0.25, 0.3) is 0 Å². The summed E-state index contributed by atoms with van der Waals surface area (Å²) in [5.74, 6) is 8.38. The van der Waals surface area contributed by atoms with E-state index in [0.717, 1.165) is 37.4 Å². The molecule has 0 aromatic carbocycles. The lowest BCUT2D eigenvalue weighted by molar-refractivity contribution is 0.468. The third-order valence-corrected chi connectivity index (χ3v) is 3.02. The lowest BCUT2D eigenvalue weighted by atomic mass is 10.0. The highest BCUT2D eigenvalue weighted by molar-refractivity contribution is 5.79. The Morgan fingerprint density at radius 2 is 1.93 bits per heavy atom. The standard InChI is InChI=1S/C11H24N4/c1-8(2)5-13-11(14-12)15-6-9(3)10(4)7-15/h8-10H,5-7,12H2,1-4H3,(H,13,14). The van der Waals surface area contributed by atoms with Gasteiger partial charge in [0.1, 0.15) is 0 Å². The lowest BCUT2D eigenvalue weighted by Gasteiger charge is -2.20. The van der Waals surface area contributed by atoms with Crippen LogP contribution in [0.4, 0.5) is 0 Å². The van der Waals surface area contributed by atoms with Gasteiger partial charge in [-0.1, -0.05) is 27.7 Å². The van der Waals surface area contributed by atoms with Crippen molar-refractivity contribution >= 4 is 5.96 Å². The molecule has 15 heavy (non-hydrogen) atoms. The van der Waals surface area contributed by atoms with E-state index in [2.05, 4.69) is 43.0 Å². The zero-order chi connectivity index (χ0) is 11.4. The quantitative estimate of drug-likeness (QED) is 0.311. The molecular weight excluding hydrogens is 188 g/mol. The van der Waals surface area contributed by atoms with Crippen LogP contribution < -0.4 is 11.3 Å². The van der Waals surface area contributed by atoms with Crippen LogP contribution in [0, 0.1) is 17.8 Å². The smallest absolute Gasteiger partial charge is 0.208 e. The van der Waals surface area contributed by atoms with E-state index in [4.69, 9.17) is 5.84 Å². The number of hydrazine groups is 1. The van der Waals surface area contributed by atoms with Crippen molar-refractivity contribution in [1.29, 1.82) is 0 Å². The summed E-state index contributed by atoms with van der Waals surface area (Å²) in [6.45, 7) is 11.8. The second-order valence-electron chi connectivity index (χ2n) is 5.06. The molecule has 0 aliphatic carbocycles. The fourth-order valence-electron chi connectivity index (χ4n) is 1.81. The largest absolute Gasteiger partial charge is 0.341 e. The number of aliphatic imine (C=N–C) groups is 1. The summed E-state index contributed by atoms with van der Waals surface area (Å²) in [7, 11) is 0. The van der Waals surface area contributed by atoms with Gasteiger partial charge in [0.15, 0.2) is 0 Å². The molecule has 0 aromatic heterocycles. The van der Waals surface area contributed by atoms with Gasteiger partial charge in [0.05, 0.1) is 0 Å². The van der Waals surface area contributed by atoms with E-state index in [1.165, 1.54) is 0 Å². The van der Waals surface area contributed by atoms with Gasteiger partial charge < -0.3 is 4.90 Å². The number of nitrogens with zero attached hydrogens (tertiary/aromatic N) is 2. The van der Waals surface area contributed by atoms with Gasteiger partial charge in [-0.3, -0.25) is 10.4 Å².